The molecule has 2 aromatic carbocycles. The number of aromatic amines is 1. The first-order valence-electron chi connectivity index (χ1n) is 8.46. The third-order valence-corrected chi connectivity index (χ3v) is 4.99. The molecule has 122 valence electrons. The van der Waals surface area contributed by atoms with Gasteiger partial charge in [0.2, 0.25) is 5.91 Å². The van der Waals surface area contributed by atoms with Crippen molar-refractivity contribution in [1.82, 2.24) is 15.1 Å². The van der Waals surface area contributed by atoms with E-state index in [1.807, 2.05) is 23.2 Å². The molecule has 1 aliphatic heterocycles. The van der Waals surface area contributed by atoms with Gasteiger partial charge in [-0.15, -0.1) is 0 Å². The minimum Gasteiger partial charge on any atom is -0.342 e. The molecule has 4 nitrogen and oxygen atoms in total. The average Bonchev–Trinajstić information content (AvgIpc) is 3.23. The van der Waals surface area contributed by atoms with Crippen LogP contribution < -0.4 is 0 Å². The molecule has 0 bridgehead atoms. The molecule has 1 atom stereocenters. The van der Waals surface area contributed by atoms with Crippen LogP contribution >= 0.6 is 0 Å². The lowest BCUT2D eigenvalue weighted by Gasteiger charge is -2.17. The van der Waals surface area contributed by atoms with Crippen molar-refractivity contribution < 1.29 is 4.79 Å². The number of aromatic nitrogens is 2. The summed E-state index contributed by atoms with van der Waals surface area (Å²) in [6.45, 7) is 3.68. The number of nitrogens with one attached hydrogen (secondary N) is 1. The highest BCUT2D eigenvalue weighted by Gasteiger charge is 2.29. The first-order chi connectivity index (χ1) is 11.7. The SMILES string of the molecule is Cc1cn[nH]c1[C@H]1CCN(C(=O)Cc2ccc3ccccc3c2)C1. The molecule has 0 spiro atoms. The Morgan fingerprint density at radius 2 is 2.08 bits per heavy atom. The zero-order valence-corrected chi connectivity index (χ0v) is 13.8. The van der Waals surface area contributed by atoms with Crippen molar-refractivity contribution in [2.45, 2.75) is 25.7 Å². The number of aryl methyl sites for hydroxylation is 1. The van der Waals surface area contributed by atoms with Crippen molar-refractivity contribution in [2.24, 2.45) is 0 Å². The van der Waals surface area contributed by atoms with Gasteiger partial charge in [0.15, 0.2) is 0 Å². The third kappa shape index (κ3) is 2.80. The van der Waals surface area contributed by atoms with Crippen LogP contribution in [0.3, 0.4) is 0 Å². The predicted octanol–water partition coefficient (Wildman–Crippen LogP) is 3.43. The van der Waals surface area contributed by atoms with E-state index in [4.69, 9.17) is 0 Å². The number of benzene rings is 2. The highest BCUT2D eigenvalue weighted by Crippen LogP contribution is 2.28. The van der Waals surface area contributed by atoms with Crippen LogP contribution in [-0.4, -0.2) is 34.1 Å². The Hall–Kier alpha value is -2.62. The Morgan fingerprint density at radius 3 is 2.88 bits per heavy atom. The van der Waals surface area contributed by atoms with Crippen molar-refractivity contribution in [3.05, 3.63) is 65.5 Å². The van der Waals surface area contributed by atoms with Gasteiger partial charge in [-0.2, -0.15) is 5.10 Å². The molecule has 3 aromatic rings. The van der Waals surface area contributed by atoms with Gasteiger partial charge >= 0.3 is 0 Å². The van der Waals surface area contributed by atoms with E-state index in [9.17, 15) is 4.79 Å². The molecular formula is C20H21N3O. The van der Waals surface area contributed by atoms with Crippen molar-refractivity contribution >= 4 is 16.7 Å². The number of hydrogen-bond donors (Lipinski definition) is 1. The number of amides is 1. The number of hydrogen-bond acceptors (Lipinski definition) is 2. The summed E-state index contributed by atoms with van der Waals surface area (Å²) >= 11 is 0. The maximum atomic E-state index is 12.7. The molecule has 0 aliphatic carbocycles. The summed E-state index contributed by atoms with van der Waals surface area (Å²) < 4.78 is 0. The van der Waals surface area contributed by atoms with E-state index in [0.717, 1.165) is 25.1 Å². The van der Waals surface area contributed by atoms with Crippen LogP contribution in [0, 0.1) is 6.92 Å². The molecule has 0 unspecified atom stereocenters. The van der Waals surface area contributed by atoms with Gasteiger partial charge in [-0.25, -0.2) is 0 Å². The van der Waals surface area contributed by atoms with Crippen molar-refractivity contribution in [1.29, 1.82) is 0 Å². The highest BCUT2D eigenvalue weighted by atomic mass is 16.2. The van der Waals surface area contributed by atoms with Gasteiger partial charge in [0, 0.05) is 24.7 Å². The van der Waals surface area contributed by atoms with Crippen LogP contribution in [-0.2, 0) is 11.2 Å². The first-order valence-corrected chi connectivity index (χ1v) is 8.46. The van der Waals surface area contributed by atoms with Crippen LogP contribution in [0.15, 0.2) is 48.7 Å². The van der Waals surface area contributed by atoms with Crippen molar-refractivity contribution in [3.63, 3.8) is 0 Å². The number of H-pyrrole nitrogens is 1. The van der Waals surface area contributed by atoms with Gasteiger partial charge in [-0.1, -0.05) is 42.5 Å². The summed E-state index contributed by atoms with van der Waals surface area (Å²) in [6, 6.07) is 14.5. The minimum atomic E-state index is 0.213. The monoisotopic (exact) mass is 319 g/mol. The molecular weight excluding hydrogens is 298 g/mol. The highest BCUT2D eigenvalue weighted by molar-refractivity contribution is 5.85. The number of fused-ring (bicyclic) bond motifs is 1. The van der Waals surface area contributed by atoms with Crippen molar-refractivity contribution in [2.75, 3.05) is 13.1 Å². The second-order valence-corrected chi connectivity index (χ2v) is 6.65. The quantitative estimate of drug-likeness (QED) is 0.804. The second-order valence-electron chi connectivity index (χ2n) is 6.65. The number of carbonyl (C=O) groups is 1. The number of likely N-dealkylation sites (tertiary alicyclic amines) is 1. The Morgan fingerprint density at radius 1 is 1.25 bits per heavy atom. The summed E-state index contributed by atoms with van der Waals surface area (Å²) in [5.74, 6) is 0.595. The molecule has 1 aromatic heterocycles. The predicted molar refractivity (Wildman–Crippen MR) is 94.9 cm³/mol. The molecule has 1 fully saturated rings. The molecule has 24 heavy (non-hydrogen) atoms. The Bertz CT molecular complexity index is 883. The number of rotatable bonds is 3. The van der Waals surface area contributed by atoms with E-state index in [1.54, 1.807) is 0 Å². The maximum Gasteiger partial charge on any atom is 0.227 e. The van der Waals surface area contributed by atoms with E-state index in [0.29, 0.717) is 12.3 Å². The second kappa shape index (κ2) is 6.11. The van der Waals surface area contributed by atoms with E-state index in [-0.39, 0.29) is 5.91 Å². The molecule has 1 saturated heterocycles. The molecule has 4 heteroatoms. The Kier molecular flexibility index (Phi) is 3.81. The number of carbonyl (C=O) groups excluding carboxylic acids is 1. The smallest absolute Gasteiger partial charge is 0.227 e. The summed E-state index contributed by atoms with van der Waals surface area (Å²) in [6.07, 6.45) is 3.33. The Labute approximate surface area is 141 Å². The lowest BCUT2D eigenvalue weighted by atomic mass is 10.0. The fraction of sp³-hybridized carbons (Fsp3) is 0.300. The zero-order valence-electron chi connectivity index (χ0n) is 13.8. The largest absolute Gasteiger partial charge is 0.342 e. The van der Waals surface area contributed by atoms with Gasteiger partial charge in [0.1, 0.15) is 0 Å². The van der Waals surface area contributed by atoms with Crippen LogP contribution in [0.5, 0.6) is 0 Å². The van der Waals surface area contributed by atoms with Crippen LogP contribution in [0.25, 0.3) is 10.8 Å². The van der Waals surface area contributed by atoms with Gasteiger partial charge < -0.3 is 4.90 Å². The Balaban J connectivity index is 1.45. The minimum absolute atomic E-state index is 0.213. The topological polar surface area (TPSA) is 49.0 Å². The fourth-order valence-electron chi connectivity index (χ4n) is 3.63. The van der Waals surface area contributed by atoms with Crippen molar-refractivity contribution in [3.8, 4) is 0 Å². The molecule has 2 heterocycles. The normalized spacial score (nSPS) is 17.5. The summed E-state index contributed by atoms with van der Waals surface area (Å²) in [5, 5.41) is 9.60. The number of nitrogens with zero attached hydrogens (tertiary/aromatic N) is 2. The van der Waals surface area contributed by atoms with E-state index in [1.165, 1.54) is 22.0 Å². The van der Waals surface area contributed by atoms with Gasteiger partial charge in [0.05, 0.1) is 12.6 Å². The lowest BCUT2D eigenvalue weighted by molar-refractivity contribution is -0.129. The molecule has 1 amide bonds. The van der Waals surface area contributed by atoms with Crippen LogP contribution in [0.2, 0.25) is 0 Å². The van der Waals surface area contributed by atoms with Crippen LogP contribution in [0.1, 0.15) is 29.2 Å². The maximum absolute atomic E-state index is 12.7. The van der Waals surface area contributed by atoms with Crippen LogP contribution in [0.4, 0.5) is 0 Å². The van der Waals surface area contributed by atoms with E-state index >= 15 is 0 Å². The molecule has 1 N–H and O–H groups in total. The molecule has 0 radical (unpaired) electrons. The van der Waals surface area contributed by atoms with Gasteiger partial charge in [-0.05, 0) is 35.2 Å². The molecule has 4 rings (SSSR count). The van der Waals surface area contributed by atoms with Gasteiger partial charge in [0.25, 0.3) is 0 Å². The average molecular weight is 319 g/mol. The standard InChI is InChI=1S/C20H21N3O/c1-14-12-21-22-20(14)18-8-9-23(13-18)19(24)11-15-6-7-16-4-2-3-5-17(16)10-15/h2-7,10,12,18H,8-9,11,13H2,1H3,(H,21,22)/t18-/m0/s1. The van der Waals surface area contributed by atoms with E-state index < -0.39 is 0 Å². The first kappa shape index (κ1) is 14.9. The summed E-state index contributed by atoms with van der Waals surface area (Å²) in [5.41, 5.74) is 3.44. The summed E-state index contributed by atoms with van der Waals surface area (Å²) in [4.78, 5) is 14.6. The fourth-order valence-corrected chi connectivity index (χ4v) is 3.63. The lowest BCUT2D eigenvalue weighted by Crippen LogP contribution is -2.30. The molecule has 0 saturated carbocycles. The van der Waals surface area contributed by atoms with E-state index in [2.05, 4.69) is 47.5 Å². The third-order valence-electron chi connectivity index (χ3n) is 4.99. The zero-order chi connectivity index (χ0) is 16.5. The molecule has 1 aliphatic rings. The van der Waals surface area contributed by atoms with Gasteiger partial charge in [-0.3, -0.25) is 9.89 Å². The summed E-state index contributed by atoms with van der Waals surface area (Å²) in [7, 11) is 0.